The number of rotatable bonds is 9. The van der Waals surface area contributed by atoms with Gasteiger partial charge < -0.3 is 19.3 Å². The molecule has 4 rings (SSSR count). The van der Waals surface area contributed by atoms with Crippen molar-refractivity contribution in [3.63, 3.8) is 0 Å². The van der Waals surface area contributed by atoms with E-state index in [2.05, 4.69) is 15.5 Å². The van der Waals surface area contributed by atoms with Gasteiger partial charge in [-0.15, -0.1) is 0 Å². The van der Waals surface area contributed by atoms with Crippen molar-refractivity contribution in [1.82, 2.24) is 15.5 Å². The lowest BCUT2D eigenvalue weighted by Crippen LogP contribution is -2.28. The minimum Gasteiger partial charge on any atom is -0.494 e. The summed E-state index contributed by atoms with van der Waals surface area (Å²) in [5.41, 5.74) is 2.56. The number of ether oxygens (including phenoxy) is 2. The molecule has 0 aliphatic heterocycles. The predicted octanol–water partition coefficient (Wildman–Crippen LogP) is 4.50. The zero-order chi connectivity index (χ0) is 22.2. The predicted molar refractivity (Wildman–Crippen MR) is 120 cm³/mol. The summed E-state index contributed by atoms with van der Waals surface area (Å²) >= 11 is 0. The fourth-order valence-electron chi connectivity index (χ4n) is 3.04. The highest BCUT2D eigenvalue weighted by Crippen LogP contribution is 2.26. The second kappa shape index (κ2) is 10.3. The molecule has 0 spiro atoms. The van der Waals surface area contributed by atoms with Crippen molar-refractivity contribution in [2.24, 2.45) is 0 Å². The number of aromatic nitrogens is 2. The smallest absolute Gasteiger partial charge is 0.258 e. The highest BCUT2D eigenvalue weighted by molar-refractivity contribution is 5.77. The Kier molecular flexibility index (Phi) is 6.77. The molecule has 7 nitrogen and oxygen atoms in total. The largest absolute Gasteiger partial charge is 0.494 e. The number of carbonyl (C=O) groups is 1. The van der Waals surface area contributed by atoms with E-state index in [1.165, 1.54) is 0 Å². The van der Waals surface area contributed by atoms with Gasteiger partial charge in [-0.25, -0.2) is 0 Å². The first-order chi connectivity index (χ1) is 15.7. The van der Waals surface area contributed by atoms with Crippen LogP contribution in [-0.2, 0) is 11.3 Å². The van der Waals surface area contributed by atoms with Gasteiger partial charge in [0.05, 0.1) is 6.61 Å². The van der Waals surface area contributed by atoms with E-state index in [0.717, 1.165) is 22.4 Å². The molecular weight excluding hydrogens is 406 g/mol. The molecule has 0 radical (unpaired) electrons. The fourth-order valence-corrected chi connectivity index (χ4v) is 3.04. The maximum atomic E-state index is 12.1. The van der Waals surface area contributed by atoms with Gasteiger partial charge in [0.25, 0.3) is 11.8 Å². The zero-order valence-electron chi connectivity index (χ0n) is 17.7. The van der Waals surface area contributed by atoms with E-state index in [4.69, 9.17) is 14.0 Å². The Morgan fingerprint density at radius 3 is 2.50 bits per heavy atom. The Balaban J connectivity index is 1.36. The van der Waals surface area contributed by atoms with Gasteiger partial charge in [-0.2, -0.15) is 4.98 Å². The number of hydrogen-bond acceptors (Lipinski definition) is 6. The third-order valence-electron chi connectivity index (χ3n) is 4.63. The molecule has 1 heterocycles. The van der Waals surface area contributed by atoms with E-state index in [0.29, 0.717) is 30.6 Å². The average molecular weight is 429 g/mol. The van der Waals surface area contributed by atoms with Crippen LogP contribution < -0.4 is 14.8 Å². The van der Waals surface area contributed by atoms with E-state index in [9.17, 15) is 4.79 Å². The number of hydrogen-bond donors (Lipinski definition) is 1. The maximum Gasteiger partial charge on any atom is 0.258 e. The van der Waals surface area contributed by atoms with E-state index >= 15 is 0 Å². The molecule has 0 saturated carbocycles. The maximum absolute atomic E-state index is 12.1. The molecule has 162 valence electrons. The van der Waals surface area contributed by atoms with Crippen LogP contribution in [0, 0.1) is 0 Å². The van der Waals surface area contributed by atoms with Crippen LogP contribution in [0.1, 0.15) is 12.5 Å². The number of nitrogens with one attached hydrogen (secondary N) is 1. The summed E-state index contributed by atoms with van der Waals surface area (Å²) < 4.78 is 16.5. The number of nitrogens with zero attached hydrogens (tertiary/aromatic N) is 2. The van der Waals surface area contributed by atoms with Crippen LogP contribution in [0.2, 0.25) is 0 Å². The first kappa shape index (κ1) is 21.1. The second-order valence-corrected chi connectivity index (χ2v) is 6.96. The summed E-state index contributed by atoms with van der Waals surface area (Å²) in [6, 6.07) is 24.4. The van der Waals surface area contributed by atoms with Gasteiger partial charge in [0.15, 0.2) is 6.61 Å². The molecule has 0 unspecified atom stereocenters. The first-order valence-corrected chi connectivity index (χ1v) is 10.3. The summed E-state index contributed by atoms with van der Waals surface area (Å²) in [6.07, 6.45) is 0. The molecule has 0 saturated heterocycles. The van der Waals surface area contributed by atoms with Crippen molar-refractivity contribution in [2.75, 3.05) is 13.2 Å². The Morgan fingerprint density at radius 2 is 1.72 bits per heavy atom. The van der Waals surface area contributed by atoms with Crippen molar-refractivity contribution in [3.05, 3.63) is 84.4 Å². The van der Waals surface area contributed by atoms with Crippen molar-refractivity contribution < 1.29 is 18.8 Å². The zero-order valence-corrected chi connectivity index (χ0v) is 17.7. The van der Waals surface area contributed by atoms with Crippen LogP contribution in [0.25, 0.3) is 22.8 Å². The summed E-state index contributed by atoms with van der Waals surface area (Å²) in [6.45, 7) is 2.92. The molecule has 1 aromatic heterocycles. The standard InChI is InChI=1S/C25H23N3O4/c1-2-30-21-13-11-19(12-14-21)25-27-24(28-32-25)20-9-6-10-22(15-20)31-17-23(29)26-16-18-7-4-3-5-8-18/h3-15H,2,16-17H2,1H3,(H,26,29). The highest BCUT2D eigenvalue weighted by Gasteiger charge is 2.12. The highest BCUT2D eigenvalue weighted by atomic mass is 16.5. The summed E-state index contributed by atoms with van der Waals surface area (Å²) in [4.78, 5) is 16.6. The van der Waals surface area contributed by atoms with Crippen molar-refractivity contribution in [3.8, 4) is 34.3 Å². The topological polar surface area (TPSA) is 86.5 Å². The van der Waals surface area contributed by atoms with Crippen molar-refractivity contribution in [2.45, 2.75) is 13.5 Å². The lowest BCUT2D eigenvalue weighted by Gasteiger charge is -2.08. The third kappa shape index (κ3) is 5.51. The molecule has 4 aromatic rings. The molecule has 32 heavy (non-hydrogen) atoms. The van der Waals surface area contributed by atoms with Gasteiger partial charge in [0.1, 0.15) is 11.5 Å². The van der Waals surface area contributed by atoms with Gasteiger partial charge in [0, 0.05) is 17.7 Å². The van der Waals surface area contributed by atoms with Crippen LogP contribution in [0.3, 0.4) is 0 Å². The van der Waals surface area contributed by atoms with E-state index in [-0.39, 0.29) is 12.5 Å². The van der Waals surface area contributed by atoms with Gasteiger partial charge in [-0.3, -0.25) is 4.79 Å². The number of carbonyl (C=O) groups excluding carboxylic acids is 1. The summed E-state index contributed by atoms with van der Waals surface area (Å²) in [5.74, 6) is 1.98. The molecule has 3 aromatic carbocycles. The minimum absolute atomic E-state index is 0.0834. The lowest BCUT2D eigenvalue weighted by molar-refractivity contribution is -0.123. The van der Waals surface area contributed by atoms with E-state index < -0.39 is 0 Å². The number of benzene rings is 3. The molecule has 7 heteroatoms. The summed E-state index contributed by atoms with van der Waals surface area (Å²) in [5, 5.41) is 6.90. The Hall–Kier alpha value is -4.13. The van der Waals surface area contributed by atoms with Crippen molar-refractivity contribution >= 4 is 5.91 Å². The molecule has 0 bridgehead atoms. The van der Waals surface area contributed by atoms with Crippen molar-refractivity contribution in [1.29, 1.82) is 0 Å². The molecule has 0 aliphatic carbocycles. The van der Waals surface area contributed by atoms with E-state index in [1.807, 2.05) is 73.7 Å². The Bertz CT molecular complexity index is 1160. The van der Waals surface area contributed by atoms with Crippen LogP contribution in [-0.4, -0.2) is 29.3 Å². The van der Waals surface area contributed by atoms with Gasteiger partial charge in [-0.05, 0) is 48.9 Å². The van der Waals surface area contributed by atoms with Crippen LogP contribution in [0.5, 0.6) is 11.5 Å². The van der Waals surface area contributed by atoms with Crippen LogP contribution >= 0.6 is 0 Å². The monoisotopic (exact) mass is 429 g/mol. The fraction of sp³-hybridized carbons (Fsp3) is 0.160. The second-order valence-electron chi connectivity index (χ2n) is 6.96. The van der Waals surface area contributed by atoms with Gasteiger partial charge >= 0.3 is 0 Å². The quantitative estimate of drug-likeness (QED) is 0.422. The molecule has 0 aliphatic rings. The number of amides is 1. The molecule has 1 amide bonds. The average Bonchev–Trinajstić information content (AvgIpc) is 3.33. The van der Waals surface area contributed by atoms with Crippen LogP contribution in [0.4, 0.5) is 0 Å². The molecule has 0 fully saturated rings. The Morgan fingerprint density at radius 1 is 0.906 bits per heavy atom. The molecule has 0 atom stereocenters. The molecular formula is C25H23N3O4. The van der Waals surface area contributed by atoms with E-state index in [1.54, 1.807) is 12.1 Å². The lowest BCUT2D eigenvalue weighted by atomic mass is 10.2. The van der Waals surface area contributed by atoms with Gasteiger partial charge in [0.2, 0.25) is 5.82 Å². The minimum atomic E-state index is -0.198. The van der Waals surface area contributed by atoms with Gasteiger partial charge in [-0.1, -0.05) is 47.6 Å². The molecule has 1 N–H and O–H groups in total. The normalized spacial score (nSPS) is 10.5. The SMILES string of the molecule is CCOc1ccc(-c2nc(-c3cccc(OCC(=O)NCc4ccccc4)c3)no2)cc1. The Labute approximate surface area is 186 Å². The third-order valence-corrected chi connectivity index (χ3v) is 4.63. The van der Waals surface area contributed by atoms with Crippen LogP contribution in [0.15, 0.2) is 83.4 Å². The first-order valence-electron chi connectivity index (χ1n) is 10.3. The summed E-state index contributed by atoms with van der Waals surface area (Å²) in [7, 11) is 0.